The van der Waals surface area contributed by atoms with Gasteiger partial charge in [-0.15, -0.1) is 0 Å². The van der Waals surface area contributed by atoms with E-state index in [0.29, 0.717) is 43.9 Å². The van der Waals surface area contributed by atoms with Crippen molar-refractivity contribution in [3.8, 4) is 0 Å². The van der Waals surface area contributed by atoms with Gasteiger partial charge in [0.05, 0.1) is 24.9 Å². The number of aliphatic hydroxyl groups excluding tert-OH is 2. The summed E-state index contributed by atoms with van der Waals surface area (Å²) in [6.45, 7) is 5.72. The summed E-state index contributed by atoms with van der Waals surface area (Å²) in [5.41, 5.74) is 6.15. The molecule has 210 valence electrons. The summed E-state index contributed by atoms with van der Waals surface area (Å²) in [5, 5.41) is 23.1. The fourth-order valence-electron chi connectivity index (χ4n) is 6.15. The molecule has 9 heteroatoms. The molecule has 2 aliphatic rings. The van der Waals surface area contributed by atoms with Crippen LogP contribution in [0.25, 0.3) is 0 Å². The normalized spacial score (nSPS) is 31.3. The van der Waals surface area contributed by atoms with Gasteiger partial charge in [0, 0.05) is 33.8 Å². The Balaban J connectivity index is 1.99. The number of carbonyl (C=O) groups excluding carboxylic acids is 2. The van der Waals surface area contributed by atoms with Gasteiger partial charge in [0.1, 0.15) is 18.4 Å². The van der Waals surface area contributed by atoms with Gasteiger partial charge in [-0.25, -0.2) is 0 Å². The Labute approximate surface area is 216 Å². The number of hydrogen-bond acceptors (Lipinski definition) is 8. The maximum absolute atomic E-state index is 11.8. The predicted molar refractivity (Wildman–Crippen MR) is 136 cm³/mol. The molecular weight excluding hydrogens is 464 g/mol. The van der Waals surface area contributed by atoms with Crippen LogP contribution in [0, 0.1) is 17.8 Å². The molecule has 0 aromatic carbocycles. The molecule has 1 saturated heterocycles. The largest absolute Gasteiger partial charge is 0.462 e. The fraction of sp³-hybridized carbons (Fsp3) is 0.926. The van der Waals surface area contributed by atoms with Crippen molar-refractivity contribution < 1.29 is 39.3 Å². The van der Waals surface area contributed by atoms with Gasteiger partial charge in [-0.05, 0) is 75.5 Å². The van der Waals surface area contributed by atoms with Gasteiger partial charge >= 0.3 is 11.9 Å². The Morgan fingerprint density at radius 1 is 1.03 bits per heavy atom. The third-order valence-corrected chi connectivity index (χ3v) is 8.04. The third kappa shape index (κ3) is 11.0. The van der Waals surface area contributed by atoms with Crippen molar-refractivity contribution in [2.45, 2.75) is 128 Å². The Morgan fingerprint density at radius 2 is 1.69 bits per heavy atom. The van der Waals surface area contributed by atoms with E-state index in [1.54, 1.807) is 7.11 Å². The first kappa shape index (κ1) is 31.0. The van der Waals surface area contributed by atoms with Crippen LogP contribution < -0.4 is 11.1 Å². The number of methoxy groups -OCH3 is 1. The first-order valence-electron chi connectivity index (χ1n) is 13.9. The zero-order chi connectivity index (χ0) is 26.7. The Morgan fingerprint density at radius 3 is 2.28 bits per heavy atom. The monoisotopic (exact) mass is 515 g/mol. The molecule has 0 bridgehead atoms. The summed E-state index contributed by atoms with van der Waals surface area (Å²) in [4.78, 5) is 23.5. The minimum atomic E-state index is -0.476. The number of ether oxygens (including phenoxy) is 3. The minimum Gasteiger partial charge on any atom is -0.462 e. The SMILES string of the molecule is CC[C@H](O)CC[C@@H](C[C@@H](CCC1CC(CC2CC[NH2+]C(N)C2)C(O)C(OC)C1)OC(C)=O)OC(C)=O. The highest BCUT2D eigenvalue weighted by atomic mass is 16.6. The average molecular weight is 516 g/mol. The lowest BCUT2D eigenvalue weighted by atomic mass is 9.71. The zero-order valence-corrected chi connectivity index (χ0v) is 22.8. The van der Waals surface area contributed by atoms with Gasteiger partial charge in [0.15, 0.2) is 0 Å². The summed E-state index contributed by atoms with van der Waals surface area (Å²) in [6.07, 6.45) is 6.59. The third-order valence-electron chi connectivity index (χ3n) is 8.04. The lowest BCUT2D eigenvalue weighted by molar-refractivity contribution is -0.699. The van der Waals surface area contributed by atoms with Gasteiger partial charge in [0.2, 0.25) is 0 Å². The molecule has 0 aromatic heterocycles. The van der Waals surface area contributed by atoms with Crippen LogP contribution >= 0.6 is 0 Å². The number of hydrogen-bond donors (Lipinski definition) is 4. The van der Waals surface area contributed by atoms with Crippen molar-refractivity contribution in [1.29, 1.82) is 0 Å². The first-order valence-corrected chi connectivity index (χ1v) is 13.9. The number of rotatable bonds is 14. The molecule has 6 N–H and O–H groups in total. The molecule has 1 aliphatic heterocycles. The van der Waals surface area contributed by atoms with Crippen molar-refractivity contribution in [1.82, 2.24) is 0 Å². The van der Waals surface area contributed by atoms with Crippen LogP contribution in [0.15, 0.2) is 0 Å². The van der Waals surface area contributed by atoms with Crippen LogP contribution in [0.5, 0.6) is 0 Å². The minimum absolute atomic E-state index is 0.145. The average Bonchev–Trinajstić information content (AvgIpc) is 2.81. The molecule has 9 nitrogen and oxygen atoms in total. The highest BCUT2D eigenvalue weighted by molar-refractivity contribution is 5.66. The maximum Gasteiger partial charge on any atom is 0.302 e. The number of carbonyl (C=O) groups is 2. The highest BCUT2D eigenvalue weighted by Gasteiger charge is 2.39. The number of aliphatic hydroxyl groups is 2. The number of nitrogens with two attached hydrogens (primary N) is 2. The van der Waals surface area contributed by atoms with E-state index in [1.165, 1.54) is 13.8 Å². The van der Waals surface area contributed by atoms with E-state index in [1.807, 2.05) is 6.92 Å². The van der Waals surface area contributed by atoms with Gasteiger partial charge in [0.25, 0.3) is 0 Å². The van der Waals surface area contributed by atoms with E-state index in [4.69, 9.17) is 19.9 Å². The summed E-state index contributed by atoms with van der Waals surface area (Å²) < 4.78 is 16.8. The molecule has 2 fully saturated rings. The first-order chi connectivity index (χ1) is 17.1. The summed E-state index contributed by atoms with van der Waals surface area (Å²) >= 11 is 0. The second-order valence-corrected chi connectivity index (χ2v) is 11.1. The Kier molecular flexibility index (Phi) is 13.6. The van der Waals surface area contributed by atoms with Crippen molar-refractivity contribution in [3.05, 3.63) is 0 Å². The molecular formula is C27H51N2O7+. The highest BCUT2D eigenvalue weighted by Crippen LogP contribution is 2.39. The zero-order valence-electron chi connectivity index (χ0n) is 22.8. The van der Waals surface area contributed by atoms with E-state index in [-0.39, 0.29) is 36.2 Å². The van der Waals surface area contributed by atoms with E-state index < -0.39 is 18.3 Å². The van der Waals surface area contributed by atoms with Crippen LogP contribution in [-0.4, -0.2) is 72.5 Å². The molecule has 9 atom stereocenters. The van der Waals surface area contributed by atoms with Gasteiger partial charge in [-0.1, -0.05) is 6.92 Å². The number of quaternary nitrogens is 1. The lowest BCUT2D eigenvalue weighted by Crippen LogP contribution is -2.94. The molecule has 2 rings (SSSR count). The molecule has 1 aliphatic carbocycles. The van der Waals surface area contributed by atoms with Gasteiger partial charge in [-0.2, -0.15) is 0 Å². The smallest absolute Gasteiger partial charge is 0.302 e. The van der Waals surface area contributed by atoms with Crippen LogP contribution in [0.2, 0.25) is 0 Å². The van der Waals surface area contributed by atoms with E-state index >= 15 is 0 Å². The molecule has 1 saturated carbocycles. The van der Waals surface area contributed by atoms with Crippen LogP contribution in [0.3, 0.4) is 0 Å². The van der Waals surface area contributed by atoms with E-state index in [2.05, 4.69) is 5.32 Å². The quantitative estimate of drug-likeness (QED) is 0.255. The summed E-state index contributed by atoms with van der Waals surface area (Å²) in [5.74, 6) is 0.310. The Bertz CT molecular complexity index is 664. The number of esters is 2. The van der Waals surface area contributed by atoms with Crippen LogP contribution in [0.4, 0.5) is 0 Å². The Hall–Kier alpha value is -1.26. The second kappa shape index (κ2) is 15.9. The summed E-state index contributed by atoms with van der Waals surface area (Å²) in [7, 11) is 1.66. The van der Waals surface area contributed by atoms with Crippen LogP contribution in [-0.2, 0) is 23.8 Å². The molecule has 36 heavy (non-hydrogen) atoms. The van der Waals surface area contributed by atoms with E-state index in [0.717, 1.165) is 45.1 Å². The fourth-order valence-corrected chi connectivity index (χ4v) is 6.15. The van der Waals surface area contributed by atoms with Gasteiger partial charge in [-0.3, -0.25) is 15.3 Å². The molecule has 0 aromatic rings. The van der Waals surface area contributed by atoms with Crippen molar-refractivity contribution in [3.63, 3.8) is 0 Å². The lowest BCUT2D eigenvalue weighted by Gasteiger charge is -2.41. The van der Waals surface area contributed by atoms with Crippen LogP contribution in [0.1, 0.15) is 91.4 Å². The topological polar surface area (TPSA) is 145 Å². The molecule has 0 spiro atoms. The van der Waals surface area contributed by atoms with Crippen molar-refractivity contribution in [2.24, 2.45) is 23.5 Å². The van der Waals surface area contributed by atoms with Gasteiger partial charge < -0.3 is 29.7 Å². The molecule has 1 heterocycles. The maximum atomic E-state index is 11.8. The van der Waals surface area contributed by atoms with Crippen molar-refractivity contribution >= 4 is 11.9 Å². The molecule has 6 unspecified atom stereocenters. The number of piperidine rings is 1. The standard InChI is InChI=1S/C27H50N2O7/c1-5-22(32)7-9-24(36-18(3)31)16-23(35-17(2)30)8-6-19-12-21(27(33)25(14-19)34-4)13-20-10-11-29-26(28)15-20/h19-27,29,32-33H,5-16,28H2,1-4H3/p+1/t19?,20?,21?,22-,23+,24-,25?,26?,27?/m0/s1. The second-order valence-electron chi connectivity index (χ2n) is 11.1. The van der Waals surface area contributed by atoms with E-state index in [9.17, 15) is 19.8 Å². The predicted octanol–water partition coefficient (Wildman–Crippen LogP) is 1.62. The van der Waals surface area contributed by atoms with Crippen molar-refractivity contribution in [2.75, 3.05) is 13.7 Å². The molecule has 0 radical (unpaired) electrons. The summed E-state index contributed by atoms with van der Waals surface area (Å²) in [6, 6.07) is 0. The molecule has 0 amide bonds.